The third-order valence-corrected chi connectivity index (χ3v) is 5.39. The fourth-order valence-corrected chi connectivity index (χ4v) is 3.84. The number of anilines is 2. The molecule has 1 atom stereocenters. The first-order chi connectivity index (χ1) is 13.8. The molecule has 0 aliphatic carbocycles. The number of carbonyl (C=O) groups excluding carboxylic acids is 1. The Balaban J connectivity index is 1.82. The molecule has 2 N–H and O–H groups in total. The average molecular weight is 422 g/mol. The van der Waals surface area contributed by atoms with Gasteiger partial charge >= 0.3 is 6.09 Å². The molecule has 160 valence electrons. The fraction of sp³-hybridized carbons (Fsp3) is 0.619. The second-order valence-corrected chi connectivity index (χ2v) is 8.94. The molecule has 1 saturated heterocycles. The van der Waals surface area contributed by atoms with E-state index in [1.807, 2.05) is 40.2 Å². The smallest absolute Gasteiger partial charge is 0.410 e. The van der Waals surface area contributed by atoms with Crippen molar-refractivity contribution in [3.63, 3.8) is 0 Å². The van der Waals surface area contributed by atoms with E-state index in [4.69, 9.17) is 16.3 Å². The highest BCUT2D eigenvalue weighted by atomic mass is 35.5. The highest BCUT2D eigenvalue weighted by Gasteiger charge is 2.30. The van der Waals surface area contributed by atoms with Gasteiger partial charge < -0.3 is 24.8 Å². The number of halogens is 1. The largest absolute Gasteiger partial charge is 0.444 e. The van der Waals surface area contributed by atoms with E-state index in [1.54, 1.807) is 4.90 Å². The molecule has 29 heavy (non-hydrogen) atoms. The maximum atomic E-state index is 12.6. The quantitative estimate of drug-likeness (QED) is 0.532. The van der Waals surface area contributed by atoms with Gasteiger partial charge in [0.25, 0.3) is 0 Å². The number of carbonyl (C=O) groups is 1. The average Bonchev–Trinajstić information content (AvgIpc) is 3.14. The SMILES string of the molecule is CN(C(=O)OC(C)(C)C)C1CCCN(c2c(NCCCCl)cnc3[nH]ccc23)C1. The lowest BCUT2D eigenvalue weighted by Crippen LogP contribution is -2.50. The van der Waals surface area contributed by atoms with Crippen molar-refractivity contribution in [2.45, 2.75) is 51.7 Å². The second-order valence-electron chi connectivity index (χ2n) is 8.56. The van der Waals surface area contributed by atoms with Crippen LogP contribution in [-0.4, -0.2) is 65.2 Å². The normalized spacial score (nSPS) is 17.4. The molecule has 8 heteroatoms. The molecule has 1 aliphatic heterocycles. The summed E-state index contributed by atoms with van der Waals surface area (Å²) in [6.45, 7) is 8.17. The molecule has 0 bridgehead atoms. The van der Waals surface area contributed by atoms with E-state index >= 15 is 0 Å². The number of alkyl halides is 1. The van der Waals surface area contributed by atoms with Crippen LogP contribution in [0, 0.1) is 0 Å². The number of hydrogen-bond donors (Lipinski definition) is 2. The van der Waals surface area contributed by atoms with Crippen molar-refractivity contribution in [3.8, 4) is 0 Å². The Hall–Kier alpha value is -2.15. The zero-order valence-corrected chi connectivity index (χ0v) is 18.6. The Kier molecular flexibility index (Phi) is 6.77. The van der Waals surface area contributed by atoms with Gasteiger partial charge in [0.15, 0.2) is 0 Å². The molecule has 2 aromatic rings. The van der Waals surface area contributed by atoms with Crippen LogP contribution in [0.5, 0.6) is 0 Å². The number of piperidine rings is 1. The minimum Gasteiger partial charge on any atom is -0.444 e. The fourth-order valence-electron chi connectivity index (χ4n) is 3.71. The molecule has 3 heterocycles. The number of fused-ring (bicyclic) bond motifs is 1. The van der Waals surface area contributed by atoms with E-state index in [0.29, 0.717) is 5.88 Å². The van der Waals surface area contributed by atoms with Crippen molar-refractivity contribution < 1.29 is 9.53 Å². The van der Waals surface area contributed by atoms with E-state index in [2.05, 4.69) is 26.3 Å². The van der Waals surface area contributed by atoms with Crippen LogP contribution in [0.4, 0.5) is 16.2 Å². The number of aromatic amines is 1. The van der Waals surface area contributed by atoms with Gasteiger partial charge in [0.05, 0.1) is 23.6 Å². The first-order valence-electron chi connectivity index (χ1n) is 10.3. The summed E-state index contributed by atoms with van der Waals surface area (Å²) in [5.41, 5.74) is 2.50. The summed E-state index contributed by atoms with van der Waals surface area (Å²) in [7, 11) is 1.83. The molecule has 0 aromatic carbocycles. The van der Waals surface area contributed by atoms with Crippen molar-refractivity contribution in [1.82, 2.24) is 14.9 Å². The van der Waals surface area contributed by atoms with Gasteiger partial charge in [-0.1, -0.05) is 0 Å². The summed E-state index contributed by atoms with van der Waals surface area (Å²) in [6.07, 6.45) is 6.37. The van der Waals surface area contributed by atoms with E-state index in [-0.39, 0.29) is 12.1 Å². The van der Waals surface area contributed by atoms with Crippen molar-refractivity contribution in [3.05, 3.63) is 18.5 Å². The molecule has 2 aromatic heterocycles. The Bertz CT molecular complexity index is 832. The van der Waals surface area contributed by atoms with Crippen LogP contribution in [0.3, 0.4) is 0 Å². The van der Waals surface area contributed by atoms with Crippen molar-refractivity contribution >= 4 is 40.1 Å². The Morgan fingerprint density at radius 2 is 2.28 bits per heavy atom. The van der Waals surface area contributed by atoms with Gasteiger partial charge in [0.1, 0.15) is 11.2 Å². The van der Waals surface area contributed by atoms with Crippen LogP contribution in [0.25, 0.3) is 11.0 Å². The molecule has 0 spiro atoms. The lowest BCUT2D eigenvalue weighted by molar-refractivity contribution is 0.0210. The minimum absolute atomic E-state index is 0.0939. The van der Waals surface area contributed by atoms with E-state index in [1.165, 1.54) is 0 Å². The van der Waals surface area contributed by atoms with Crippen LogP contribution in [-0.2, 0) is 4.74 Å². The van der Waals surface area contributed by atoms with Crippen molar-refractivity contribution in [1.29, 1.82) is 0 Å². The monoisotopic (exact) mass is 421 g/mol. The summed E-state index contributed by atoms with van der Waals surface area (Å²) in [5.74, 6) is 0.620. The highest BCUT2D eigenvalue weighted by Crippen LogP contribution is 2.35. The molecule has 3 rings (SSSR count). The number of hydrogen-bond acceptors (Lipinski definition) is 5. The third kappa shape index (κ3) is 5.26. The van der Waals surface area contributed by atoms with Gasteiger partial charge in [-0.25, -0.2) is 9.78 Å². The maximum absolute atomic E-state index is 12.6. The first kappa shape index (κ1) is 21.6. The molecule has 0 radical (unpaired) electrons. The Morgan fingerprint density at radius 3 is 3.00 bits per heavy atom. The summed E-state index contributed by atoms with van der Waals surface area (Å²) < 4.78 is 5.57. The number of rotatable bonds is 6. The van der Waals surface area contributed by atoms with Crippen LogP contribution < -0.4 is 10.2 Å². The van der Waals surface area contributed by atoms with Gasteiger partial charge in [0, 0.05) is 44.1 Å². The predicted octanol–water partition coefficient (Wildman–Crippen LogP) is 4.44. The van der Waals surface area contributed by atoms with Crippen LogP contribution >= 0.6 is 11.6 Å². The van der Waals surface area contributed by atoms with E-state index in [0.717, 1.165) is 61.3 Å². The molecule has 1 amide bonds. The number of H-pyrrole nitrogens is 1. The standard InChI is InChI=1S/C21H32ClN5O2/c1-21(2,3)29-20(28)26(4)15-7-5-12-27(14-15)18-16-8-11-24-19(16)25-13-17(18)23-10-6-9-22/h8,11,13,15,23H,5-7,9-10,12,14H2,1-4H3,(H,24,25). The third-order valence-electron chi connectivity index (χ3n) is 5.13. The number of amides is 1. The zero-order valence-electron chi connectivity index (χ0n) is 17.8. The molecule has 0 saturated carbocycles. The molecule has 7 nitrogen and oxygen atoms in total. The predicted molar refractivity (Wildman–Crippen MR) is 119 cm³/mol. The Morgan fingerprint density at radius 1 is 1.48 bits per heavy atom. The maximum Gasteiger partial charge on any atom is 0.410 e. The summed E-state index contributed by atoms with van der Waals surface area (Å²) in [6, 6.07) is 2.16. The first-order valence-corrected chi connectivity index (χ1v) is 10.8. The van der Waals surface area contributed by atoms with Gasteiger partial charge in [-0.2, -0.15) is 0 Å². The lowest BCUT2D eigenvalue weighted by atomic mass is 10.0. The summed E-state index contributed by atoms with van der Waals surface area (Å²) >= 11 is 5.84. The van der Waals surface area contributed by atoms with Crippen LogP contribution in [0.15, 0.2) is 18.5 Å². The van der Waals surface area contributed by atoms with Crippen LogP contribution in [0.2, 0.25) is 0 Å². The molecule has 1 unspecified atom stereocenters. The van der Waals surface area contributed by atoms with Crippen LogP contribution in [0.1, 0.15) is 40.0 Å². The molecular formula is C21H32ClN5O2. The zero-order chi connectivity index (χ0) is 21.0. The lowest BCUT2D eigenvalue weighted by Gasteiger charge is -2.40. The number of pyridine rings is 1. The van der Waals surface area contributed by atoms with Gasteiger partial charge in [-0.15, -0.1) is 11.6 Å². The number of aromatic nitrogens is 2. The van der Waals surface area contributed by atoms with Gasteiger partial charge in [0.2, 0.25) is 0 Å². The summed E-state index contributed by atoms with van der Waals surface area (Å²) in [4.78, 5) is 24.4. The number of nitrogens with zero attached hydrogens (tertiary/aromatic N) is 3. The number of likely N-dealkylation sites (N-methyl/N-ethyl adjacent to an activating group) is 1. The van der Waals surface area contributed by atoms with Gasteiger partial charge in [-0.05, 0) is 46.1 Å². The van der Waals surface area contributed by atoms with E-state index in [9.17, 15) is 4.79 Å². The second kappa shape index (κ2) is 9.11. The number of nitrogens with one attached hydrogen (secondary N) is 2. The topological polar surface area (TPSA) is 73.5 Å². The molecule has 1 fully saturated rings. The van der Waals surface area contributed by atoms with Crippen molar-refractivity contribution in [2.24, 2.45) is 0 Å². The molecular weight excluding hydrogens is 390 g/mol. The van der Waals surface area contributed by atoms with Crippen molar-refractivity contribution in [2.75, 3.05) is 42.8 Å². The molecule has 1 aliphatic rings. The van der Waals surface area contributed by atoms with Gasteiger partial charge in [-0.3, -0.25) is 0 Å². The number of ether oxygens (including phenoxy) is 1. The highest BCUT2D eigenvalue weighted by molar-refractivity contribution is 6.17. The Labute approximate surface area is 177 Å². The summed E-state index contributed by atoms with van der Waals surface area (Å²) in [5, 5.41) is 4.57. The minimum atomic E-state index is -0.498. The van der Waals surface area contributed by atoms with E-state index < -0.39 is 5.60 Å².